The van der Waals surface area contributed by atoms with Gasteiger partial charge in [-0.2, -0.15) is 5.11 Å². The molecule has 14 heavy (non-hydrogen) atoms. The van der Waals surface area contributed by atoms with Gasteiger partial charge in [-0.15, -0.1) is 5.11 Å². The molecule has 0 atom stereocenters. The quantitative estimate of drug-likeness (QED) is 0.755. The van der Waals surface area contributed by atoms with Gasteiger partial charge < -0.3 is 0 Å². The third kappa shape index (κ3) is 1.53. The maximum Gasteiger partial charge on any atom is 0.297 e. The van der Waals surface area contributed by atoms with E-state index in [1.54, 1.807) is 6.92 Å². The Kier molecular flexibility index (Phi) is 2.29. The lowest BCUT2D eigenvalue weighted by Crippen LogP contribution is -1.94. The van der Waals surface area contributed by atoms with Gasteiger partial charge in [0.15, 0.2) is 0 Å². The van der Waals surface area contributed by atoms with Crippen LogP contribution in [0.15, 0.2) is 44.7 Å². The Hall–Kier alpha value is -1.29. The molecule has 1 aromatic rings. The molecule has 0 aromatic heterocycles. The molecule has 0 unspecified atom stereocenters. The van der Waals surface area contributed by atoms with Crippen molar-refractivity contribution in [1.82, 2.24) is 0 Å². The number of azo groups is 1. The Morgan fingerprint density at radius 3 is 2.29 bits per heavy atom. The lowest BCUT2D eigenvalue weighted by molar-refractivity contribution is -0.112. The molecular weight excluding hydrogens is 244 g/mol. The zero-order chi connectivity index (χ0) is 10.1. The SMILES string of the molecule is CC1=C(c2ccc(Br)cc2)C(=O)N=N1. The van der Waals surface area contributed by atoms with Crippen molar-refractivity contribution in [3.8, 4) is 0 Å². The maximum absolute atomic E-state index is 11.3. The van der Waals surface area contributed by atoms with Crippen molar-refractivity contribution in [3.63, 3.8) is 0 Å². The van der Waals surface area contributed by atoms with E-state index in [0.29, 0.717) is 11.3 Å². The van der Waals surface area contributed by atoms with Crippen LogP contribution in [0, 0.1) is 0 Å². The van der Waals surface area contributed by atoms with Crippen LogP contribution in [-0.2, 0) is 4.79 Å². The summed E-state index contributed by atoms with van der Waals surface area (Å²) in [5.74, 6) is -0.259. The minimum atomic E-state index is -0.259. The van der Waals surface area contributed by atoms with Crippen LogP contribution in [0.25, 0.3) is 5.57 Å². The van der Waals surface area contributed by atoms with Gasteiger partial charge in [-0.25, -0.2) is 0 Å². The lowest BCUT2D eigenvalue weighted by Gasteiger charge is -2.00. The summed E-state index contributed by atoms with van der Waals surface area (Å²) in [6, 6.07) is 7.52. The molecule has 0 radical (unpaired) electrons. The number of carbonyl (C=O) groups is 1. The second-order valence-corrected chi connectivity index (χ2v) is 3.89. The molecular formula is C10H7BrN2O. The van der Waals surface area contributed by atoms with Crippen molar-refractivity contribution >= 4 is 27.4 Å². The molecule has 0 fully saturated rings. The van der Waals surface area contributed by atoms with Gasteiger partial charge in [0.25, 0.3) is 5.91 Å². The molecule has 0 aliphatic carbocycles. The smallest absolute Gasteiger partial charge is 0.265 e. The van der Waals surface area contributed by atoms with Crippen LogP contribution in [0.5, 0.6) is 0 Å². The van der Waals surface area contributed by atoms with Gasteiger partial charge in [0.05, 0.1) is 11.3 Å². The summed E-state index contributed by atoms with van der Waals surface area (Å²) in [6.07, 6.45) is 0. The number of hydrogen-bond donors (Lipinski definition) is 0. The number of rotatable bonds is 1. The van der Waals surface area contributed by atoms with E-state index in [1.807, 2.05) is 24.3 Å². The molecule has 3 nitrogen and oxygen atoms in total. The molecule has 0 saturated carbocycles. The van der Waals surface area contributed by atoms with Crippen LogP contribution in [0.3, 0.4) is 0 Å². The van der Waals surface area contributed by atoms with Crippen LogP contribution >= 0.6 is 15.9 Å². The highest BCUT2D eigenvalue weighted by molar-refractivity contribution is 9.10. The van der Waals surface area contributed by atoms with Gasteiger partial charge in [0, 0.05) is 4.47 Å². The van der Waals surface area contributed by atoms with Crippen molar-refractivity contribution in [3.05, 3.63) is 40.0 Å². The van der Waals surface area contributed by atoms with Crippen molar-refractivity contribution in [2.45, 2.75) is 6.92 Å². The molecule has 1 amide bonds. The summed E-state index contributed by atoms with van der Waals surface area (Å²) in [4.78, 5) is 11.3. The average molecular weight is 251 g/mol. The van der Waals surface area contributed by atoms with Gasteiger partial charge in [-0.3, -0.25) is 4.79 Å². The molecule has 1 aliphatic heterocycles. The minimum Gasteiger partial charge on any atom is -0.265 e. The van der Waals surface area contributed by atoms with Crippen LogP contribution in [-0.4, -0.2) is 5.91 Å². The number of benzene rings is 1. The van der Waals surface area contributed by atoms with E-state index in [-0.39, 0.29) is 5.91 Å². The van der Waals surface area contributed by atoms with Crippen LogP contribution < -0.4 is 0 Å². The second kappa shape index (κ2) is 3.46. The molecule has 70 valence electrons. The topological polar surface area (TPSA) is 41.8 Å². The number of amides is 1. The van der Waals surface area contributed by atoms with Gasteiger partial charge in [0.2, 0.25) is 0 Å². The zero-order valence-electron chi connectivity index (χ0n) is 7.49. The van der Waals surface area contributed by atoms with Crippen molar-refractivity contribution in [1.29, 1.82) is 0 Å². The normalized spacial score (nSPS) is 15.4. The Morgan fingerprint density at radius 2 is 1.79 bits per heavy atom. The monoisotopic (exact) mass is 250 g/mol. The predicted octanol–water partition coefficient (Wildman–Crippen LogP) is 3.17. The van der Waals surface area contributed by atoms with E-state index in [2.05, 4.69) is 26.2 Å². The van der Waals surface area contributed by atoms with Crippen LogP contribution in [0.2, 0.25) is 0 Å². The summed E-state index contributed by atoms with van der Waals surface area (Å²) >= 11 is 3.34. The Labute approximate surface area is 89.7 Å². The average Bonchev–Trinajstić information content (AvgIpc) is 2.49. The number of halogens is 1. The molecule has 0 saturated heterocycles. The van der Waals surface area contributed by atoms with Gasteiger partial charge in [-0.1, -0.05) is 28.1 Å². The van der Waals surface area contributed by atoms with Crippen molar-refractivity contribution in [2.75, 3.05) is 0 Å². The van der Waals surface area contributed by atoms with Gasteiger partial charge >= 0.3 is 0 Å². The van der Waals surface area contributed by atoms with Gasteiger partial charge in [0.1, 0.15) is 0 Å². The maximum atomic E-state index is 11.3. The molecule has 1 aliphatic rings. The molecule has 1 heterocycles. The second-order valence-electron chi connectivity index (χ2n) is 2.97. The van der Waals surface area contributed by atoms with E-state index < -0.39 is 0 Å². The van der Waals surface area contributed by atoms with E-state index in [1.165, 1.54) is 0 Å². The number of nitrogens with zero attached hydrogens (tertiary/aromatic N) is 2. The summed E-state index contributed by atoms with van der Waals surface area (Å²) in [5.41, 5.74) is 2.13. The Bertz CT molecular complexity index is 446. The predicted molar refractivity (Wildman–Crippen MR) is 56.6 cm³/mol. The molecule has 2 rings (SSSR count). The van der Waals surface area contributed by atoms with Crippen LogP contribution in [0.1, 0.15) is 12.5 Å². The fourth-order valence-corrected chi connectivity index (χ4v) is 1.59. The molecule has 0 N–H and O–H groups in total. The first kappa shape index (κ1) is 9.27. The number of allylic oxidation sites excluding steroid dienone is 1. The third-order valence-electron chi connectivity index (χ3n) is 2.00. The van der Waals surface area contributed by atoms with Crippen molar-refractivity contribution < 1.29 is 4.79 Å². The van der Waals surface area contributed by atoms with Crippen LogP contribution in [0.4, 0.5) is 0 Å². The Balaban J connectivity index is 2.47. The lowest BCUT2D eigenvalue weighted by atomic mass is 10.0. The molecule has 4 heteroatoms. The van der Waals surface area contributed by atoms with Gasteiger partial charge in [-0.05, 0) is 24.6 Å². The first-order chi connectivity index (χ1) is 6.68. The highest BCUT2D eigenvalue weighted by Gasteiger charge is 2.19. The molecule has 1 aromatic carbocycles. The number of hydrogen-bond acceptors (Lipinski definition) is 2. The summed E-state index contributed by atoms with van der Waals surface area (Å²) in [5, 5.41) is 7.24. The van der Waals surface area contributed by atoms with Crippen molar-refractivity contribution in [2.24, 2.45) is 10.2 Å². The van der Waals surface area contributed by atoms with E-state index in [4.69, 9.17) is 0 Å². The summed E-state index contributed by atoms with van der Waals surface area (Å²) in [6.45, 7) is 1.78. The highest BCUT2D eigenvalue weighted by Crippen LogP contribution is 2.27. The van der Waals surface area contributed by atoms with E-state index in [9.17, 15) is 4.79 Å². The first-order valence-corrected chi connectivity index (χ1v) is 4.90. The Morgan fingerprint density at radius 1 is 1.14 bits per heavy atom. The third-order valence-corrected chi connectivity index (χ3v) is 2.53. The summed E-state index contributed by atoms with van der Waals surface area (Å²) in [7, 11) is 0. The molecule has 0 bridgehead atoms. The number of carbonyl (C=O) groups excluding carboxylic acids is 1. The van der Waals surface area contributed by atoms with E-state index >= 15 is 0 Å². The highest BCUT2D eigenvalue weighted by atomic mass is 79.9. The fourth-order valence-electron chi connectivity index (χ4n) is 1.32. The minimum absolute atomic E-state index is 0.259. The first-order valence-electron chi connectivity index (χ1n) is 4.11. The fraction of sp³-hybridized carbons (Fsp3) is 0.100. The van der Waals surface area contributed by atoms with E-state index in [0.717, 1.165) is 10.0 Å². The largest absolute Gasteiger partial charge is 0.297 e. The molecule has 0 spiro atoms. The standard InChI is InChI=1S/C10H7BrN2O/c1-6-9(10(14)13-12-6)7-2-4-8(11)5-3-7/h2-5H,1H3. The summed E-state index contributed by atoms with van der Waals surface area (Å²) < 4.78 is 0.985. The zero-order valence-corrected chi connectivity index (χ0v) is 9.08.